The maximum Gasteiger partial charge on any atom is 0.246 e. The minimum atomic E-state index is 0.0584. The zero-order valence-electron chi connectivity index (χ0n) is 14.2. The van der Waals surface area contributed by atoms with Gasteiger partial charge >= 0.3 is 0 Å². The molecule has 1 aliphatic carbocycles. The molecule has 1 amide bonds. The van der Waals surface area contributed by atoms with Gasteiger partial charge in [0.15, 0.2) is 0 Å². The maximum absolute atomic E-state index is 12.4. The van der Waals surface area contributed by atoms with E-state index >= 15 is 0 Å². The van der Waals surface area contributed by atoms with Gasteiger partial charge in [-0.05, 0) is 37.1 Å². The van der Waals surface area contributed by atoms with E-state index in [9.17, 15) is 4.79 Å². The highest BCUT2D eigenvalue weighted by molar-refractivity contribution is 6.30. The van der Waals surface area contributed by atoms with Crippen molar-refractivity contribution >= 4 is 23.6 Å². The van der Waals surface area contributed by atoms with Crippen molar-refractivity contribution in [2.45, 2.75) is 31.7 Å². The van der Waals surface area contributed by atoms with Gasteiger partial charge in [0.05, 0.1) is 7.11 Å². The molecule has 2 aliphatic rings. The van der Waals surface area contributed by atoms with Gasteiger partial charge in [-0.3, -0.25) is 9.69 Å². The Morgan fingerprint density at radius 3 is 2.58 bits per heavy atom. The van der Waals surface area contributed by atoms with Gasteiger partial charge in [-0.25, -0.2) is 0 Å². The van der Waals surface area contributed by atoms with Crippen LogP contribution in [0, 0.1) is 0 Å². The number of nitrogens with zero attached hydrogens (tertiary/aromatic N) is 2. The molecule has 1 aromatic rings. The normalized spacial score (nSPS) is 20.0. The van der Waals surface area contributed by atoms with Gasteiger partial charge in [0.25, 0.3) is 0 Å². The molecule has 130 valence electrons. The number of carbonyl (C=O) groups excluding carboxylic acids is 1. The molecule has 0 atom stereocenters. The SMILES string of the molecule is COc1ccc(Cl)cc1/C=C/C(=O)N1CCN(C2CCCC2)CC1. The van der Waals surface area contributed by atoms with Crippen LogP contribution in [0.25, 0.3) is 6.08 Å². The molecule has 0 spiro atoms. The van der Waals surface area contributed by atoms with Crippen LogP contribution in [0.5, 0.6) is 5.75 Å². The molecule has 1 saturated heterocycles. The molecule has 4 nitrogen and oxygen atoms in total. The largest absolute Gasteiger partial charge is 0.496 e. The Hall–Kier alpha value is -1.52. The second-order valence-corrected chi connectivity index (χ2v) is 6.96. The molecule has 1 aliphatic heterocycles. The number of methoxy groups -OCH3 is 1. The van der Waals surface area contributed by atoms with Crippen LogP contribution in [0.15, 0.2) is 24.3 Å². The van der Waals surface area contributed by atoms with Gasteiger partial charge < -0.3 is 9.64 Å². The zero-order chi connectivity index (χ0) is 16.9. The number of rotatable bonds is 4. The number of hydrogen-bond acceptors (Lipinski definition) is 3. The fourth-order valence-electron chi connectivity index (χ4n) is 3.68. The van der Waals surface area contributed by atoms with E-state index in [4.69, 9.17) is 16.3 Å². The van der Waals surface area contributed by atoms with Crippen molar-refractivity contribution in [3.05, 3.63) is 34.9 Å². The molecular weight excluding hydrogens is 324 g/mol. The summed E-state index contributed by atoms with van der Waals surface area (Å²) in [5, 5.41) is 0.632. The average molecular weight is 349 g/mol. The summed E-state index contributed by atoms with van der Waals surface area (Å²) in [5.41, 5.74) is 0.822. The molecule has 0 unspecified atom stereocenters. The summed E-state index contributed by atoms with van der Waals surface area (Å²) in [7, 11) is 1.62. The van der Waals surface area contributed by atoms with Crippen LogP contribution < -0.4 is 4.74 Å². The van der Waals surface area contributed by atoms with Crippen molar-refractivity contribution in [3.63, 3.8) is 0 Å². The fourth-order valence-corrected chi connectivity index (χ4v) is 3.86. The summed E-state index contributed by atoms with van der Waals surface area (Å²) in [6.45, 7) is 3.61. The van der Waals surface area contributed by atoms with E-state index < -0.39 is 0 Å². The lowest BCUT2D eigenvalue weighted by molar-refractivity contribution is -0.127. The van der Waals surface area contributed by atoms with Gasteiger partial charge in [-0.2, -0.15) is 0 Å². The lowest BCUT2D eigenvalue weighted by Gasteiger charge is -2.37. The van der Waals surface area contributed by atoms with Crippen LogP contribution in [0.1, 0.15) is 31.2 Å². The molecule has 1 aromatic carbocycles. The second kappa shape index (κ2) is 8.04. The first kappa shape index (κ1) is 17.3. The molecule has 1 heterocycles. The van der Waals surface area contributed by atoms with Crippen molar-refractivity contribution in [1.82, 2.24) is 9.80 Å². The summed E-state index contributed by atoms with van der Waals surface area (Å²) in [6.07, 6.45) is 8.77. The molecule has 3 rings (SSSR count). The van der Waals surface area contributed by atoms with Crippen LogP contribution >= 0.6 is 11.6 Å². The summed E-state index contributed by atoms with van der Waals surface area (Å²) < 4.78 is 5.31. The molecule has 0 N–H and O–H groups in total. The Kier molecular flexibility index (Phi) is 5.80. The Bertz CT molecular complexity index is 603. The van der Waals surface area contributed by atoms with Gasteiger partial charge in [-0.15, -0.1) is 0 Å². The van der Waals surface area contributed by atoms with E-state index in [0.717, 1.165) is 43.5 Å². The Morgan fingerprint density at radius 1 is 1.21 bits per heavy atom. The van der Waals surface area contributed by atoms with E-state index in [1.54, 1.807) is 25.3 Å². The predicted molar refractivity (Wildman–Crippen MR) is 97.4 cm³/mol. The van der Waals surface area contributed by atoms with Crippen LogP contribution in [0.4, 0.5) is 0 Å². The third-order valence-corrected chi connectivity index (χ3v) is 5.30. The molecular formula is C19H25ClN2O2. The van der Waals surface area contributed by atoms with Crippen LogP contribution in [-0.2, 0) is 4.79 Å². The third-order valence-electron chi connectivity index (χ3n) is 5.06. The molecule has 24 heavy (non-hydrogen) atoms. The molecule has 0 radical (unpaired) electrons. The standard InChI is InChI=1S/C19H25ClN2O2/c1-24-18-8-7-16(20)14-15(18)6-9-19(23)22-12-10-21(11-13-22)17-4-2-3-5-17/h6-9,14,17H,2-5,10-13H2,1H3/b9-6+. The van der Waals surface area contributed by atoms with Gasteiger partial charge in [-0.1, -0.05) is 24.4 Å². The van der Waals surface area contributed by atoms with E-state index in [2.05, 4.69) is 4.90 Å². The summed E-state index contributed by atoms with van der Waals surface area (Å²) in [6, 6.07) is 6.14. The van der Waals surface area contributed by atoms with Gasteiger partial charge in [0.2, 0.25) is 5.91 Å². The van der Waals surface area contributed by atoms with Crippen molar-refractivity contribution in [3.8, 4) is 5.75 Å². The smallest absolute Gasteiger partial charge is 0.246 e. The molecule has 0 aromatic heterocycles. The van der Waals surface area contributed by atoms with Gasteiger partial charge in [0, 0.05) is 48.9 Å². The fraction of sp³-hybridized carbons (Fsp3) is 0.526. The molecule has 0 bridgehead atoms. The Morgan fingerprint density at radius 2 is 1.92 bits per heavy atom. The summed E-state index contributed by atoms with van der Waals surface area (Å²) in [5.74, 6) is 0.776. The molecule has 1 saturated carbocycles. The Labute approximate surface area is 149 Å². The van der Waals surface area contributed by atoms with Crippen molar-refractivity contribution in [1.29, 1.82) is 0 Å². The number of hydrogen-bond donors (Lipinski definition) is 0. The quantitative estimate of drug-likeness (QED) is 0.781. The summed E-state index contributed by atoms with van der Waals surface area (Å²) in [4.78, 5) is 16.9. The molecule has 2 fully saturated rings. The zero-order valence-corrected chi connectivity index (χ0v) is 15.0. The lowest BCUT2D eigenvalue weighted by Crippen LogP contribution is -2.51. The van der Waals surface area contributed by atoms with E-state index in [0.29, 0.717) is 5.02 Å². The van der Waals surface area contributed by atoms with Gasteiger partial charge in [0.1, 0.15) is 5.75 Å². The highest BCUT2D eigenvalue weighted by atomic mass is 35.5. The average Bonchev–Trinajstić information content (AvgIpc) is 3.14. The third kappa shape index (κ3) is 4.11. The highest BCUT2D eigenvalue weighted by Crippen LogP contribution is 2.25. The number of amides is 1. The van der Waals surface area contributed by atoms with E-state index in [1.807, 2.05) is 17.0 Å². The van der Waals surface area contributed by atoms with Crippen molar-refractivity contribution in [2.24, 2.45) is 0 Å². The highest BCUT2D eigenvalue weighted by Gasteiger charge is 2.27. The molecule has 5 heteroatoms. The van der Waals surface area contributed by atoms with Crippen LogP contribution in [-0.4, -0.2) is 55.0 Å². The predicted octanol–water partition coefficient (Wildman–Crippen LogP) is 3.45. The summed E-state index contributed by atoms with van der Waals surface area (Å²) >= 11 is 6.03. The van der Waals surface area contributed by atoms with Crippen molar-refractivity contribution in [2.75, 3.05) is 33.3 Å². The first-order chi connectivity index (χ1) is 11.7. The topological polar surface area (TPSA) is 32.8 Å². The van der Waals surface area contributed by atoms with Crippen LogP contribution in [0.2, 0.25) is 5.02 Å². The van der Waals surface area contributed by atoms with E-state index in [1.165, 1.54) is 25.7 Å². The number of halogens is 1. The maximum atomic E-state index is 12.4. The van der Waals surface area contributed by atoms with Crippen molar-refractivity contribution < 1.29 is 9.53 Å². The lowest BCUT2D eigenvalue weighted by atomic mass is 10.1. The number of benzene rings is 1. The minimum absolute atomic E-state index is 0.0584. The van der Waals surface area contributed by atoms with Crippen LogP contribution in [0.3, 0.4) is 0 Å². The monoisotopic (exact) mass is 348 g/mol. The Balaban J connectivity index is 1.57. The number of piperazine rings is 1. The number of carbonyl (C=O) groups is 1. The minimum Gasteiger partial charge on any atom is -0.496 e. The second-order valence-electron chi connectivity index (χ2n) is 6.52. The number of ether oxygens (including phenoxy) is 1. The first-order valence-corrected chi connectivity index (χ1v) is 9.10. The first-order valence-electron chi connectivity index (χ1n) is 8.72. The van der Waals surface area contributed by atoms with E-state index in [-0.39, 0.29) is 5.91 Å².